The van der Waals surface area contributed by atoms with Crippen LogP contribution in [0.25, 0.3) is 0 Å². The van der Waals surface area contributed by atoms with Gasteiger partial charge in [0.1, 0.15) is 0 Å². The molecule has 0 heterocycles. The van der Waals surface area contributed by atoms with Crippen molar-refractivity contribution in [2.75, 3.05) is 0 Å². The molecule has 0 amide bonds. The lowest BCUT2D eigenvalue weighted by molar-refractivity contribution is -0.111. The fraction of sp³-hybridized carbons (Fsp3) is 0.222. The summed E-state index contributed by atoms with van der Waals surface area (Å²) in [4.78, 5) is 10.7. The monoisotopic (exact) mass is 162 g/mol. The summed E-state index contributed by atoms with van der Waals surface area (Å²) in [6, 6.07) is 10.1. The van der Waals surface area contributed by atoms with E-state index in [1.807, 2.05) is 18.2 Å². The number of hydrogen-bond donors (Lipinski definition) is 0. The van der Waals surface area contributed by atoms with Gasteiger partial charge in [0.25, 0.3) is 0 Å². The number of carbonyl (C=O) groups excluding carboxylic acids is 1. The van der Waals surface area contributed by atoms with Gasteiger partial charge in [-0.3, -0.25) is 0 Å². The molecule has 0 saturated heterocycles. The molecular formula is C9H11AlO. The molecule has 1 aromatic carbocycles. The van der Waals surface area contributed by atoms with Gasteiger partial charge in [-0.05, 0) is 18.4 Å². The van der Waals surface area contributed by atoms with E-state index in [1.54, 1.807) is 0 Å². The Labute approximate surface area is 74.8 Å². The van der Waals surface area contributed by atoms with E-state index in [1.165, 1.54) is 5.56 Å². The topological polar surface area (TPSA) is 17.1 Å². The fourth-order valence-corrected chi connectivity index (χ4v) is 1.22. The Hall–Kier alpha value is -0.578. The van der Waals surface area contributed by atoms with Crippen LogP contribution in [0.15, 0.2) is 30.3 Å². The van der Waals surface area contributed by atoms with E-state index < -0.39 is 0 Å². The fourth-order valence-electron chi connectivity index (χ4n) is 0.965. The van der Waals surface area contributed by atoms with Crippen LogP contribution in [0.1, 0.15) is 12.0 Å². The van der Waals surface area contributed by atoms with Crippen molar-refractivity contribution in [3.05, 3.63) is 35.9 Å². The maximum absolute atomic E-state index is 10.7. The van der Waals surface area contributed by atoms with Gasteiger partial charge in [-0.25, -0.2) is 0 Å². The second kappa shape index (κ2) is 4.33. The molecule has 0 atom stereocenters. The maximum atomic E-state index is 10.7. The summed E-state index contributed by atoms with van der Waals surface area (Å²) < 4.78 is 0.397. The van der Waals surface area contributed by atoms with Gasteiger partial charge in [0.05, 0.1) is 0 Å². The van der Waals surface area contributed by atoms with Crippen LogP contribution in [0.5, 0.6) is 0 Å². The van der Waals surface area contributed by atoms with Gasteiger partial charge in [0.15, 0.2) is 0 Å². The van der Waals surface area contributed by atoms with E-state index in [-0.39, 0.29) is 0 Å². The van der Waals surface area contributed by atoms with Crippen LogP contribution >= 0.6 is 0 Å². The third-order valence-corrected chi connectivity index (χ3v) is 2.11. The Balaban J connectivity index is 2.45. The summed E-state index contributed by atoms with van der Waals surface area (Å²) in [7, 11) is 0. The standard InChI is InChI=1S/C9H9O.Al.2H/c10-8-4-7-9-5-2-1-3-6-9;;;/h1-3,5-6H,4,7H2;;;. The zero-order valence-corrected chi connectivity index (χ0v) is 8.71. The summed E-state index contributed by atoms with van der Waals surface area (Å²) in [6.45, 7) is 0. The maximum Gasteiger partial charge on any atom is 0.319 e. The molecule has 0 aliphatic carbocycles. The lowest BCUT2D eigenvalue weighted by Gasteiger charge is -1.96. The van der Waals surface area contributed by atoms with E-state index in [2.05, 4.69) is 12.1 Å². The summed E-state index contributed by atoms with van der Waals surface area (Å²) in [5.41, 5.74) is 1.26. The molecule has 2 heteroatoms. The molecule has 0 bridgehead atoms. The van der Waals surface area contributed by atoms with E-state index in [0.717, 1.165) is 12.8 Å². The quantitative estimate of drug-likeness (QED) is 0.600. The molecule has 1 nitrogen and oxygen atoms in total. The van der Waals surface area contributed by atoms with Gasteiger partial charge >= 0.3 is 16.3 Å². The third kappa shape index (κ3) is 3.36. The first-order chi connectivity index (χ1) is 5.29. The number of benzene rings is 1. The molecule has 0 saturated carbocycles. The highest BCUT2D eigenvalue weighted by Gasteiger charge is 1.93. The predicted molar refractivity (Wildman–Crippen MR) is 48.3 cm³/mol. The highest BCUT2D eigenvalue weighted by molar-refractivity contribution is 6.57. The Morgan fingerprint density at radius 2 is 1.91 bits per heavy atom. The van der Waals surface area contributed by atoms with Gasteiger partial charge in [-0.2, -0.15) is 0 Å². The second-order valence-corrected chi connectivity index (χ2v) is 3.80. The van der Waals surface area contributed by atoms with Crippen molar-refractivity contribution < 1.29 is 4.79 Å². The minimum Gasteiger partial charge on any atom is -0.322 e. The van der Waals surface area contributed by atoms with Crippen molar-refractivity contribution in [2.24, 2.45) is 0 Å². The Bertz CT molecular complexity index is 231. The first kappa shape index (κ1) is 8.52. The zero-order chi connectivity index (χ0) is 8.10. The van der Waals surface area contributed by atoms with E-state index in [4.69, 9.17) is 0 Å². The summed E-state index contributed by atoms with van der Waals surface area (Å²) in [5.74, 6) is 0. The SMILES string of the molecule is O=[C]([AlH2])CCc1ccccc1. The zero-order valence-electron chi connectivity index (χ0n) is 6.71. The first-order valence-electron chi connectivity index (χ1n) is 3.82. The lowest BCUT2D eigenvalue weighted by atomic mass is 10.1. The van der Waals surface area contributed by atoms with Gasteiger partial charge < -0.3 is 4.79 Å². The molecule has 1 aromatic rings. The third-order valence-electron chi connectivity index (χ3n) is 1.61. The van der Waals surface area contributed by atoms with Gasteiger partial charge in [-0.15, -0.1) is 0 Å². The number of hydrogen-bond acceptors (Lipinski definition) is 1. The molecule has 0 aliphatic rings. The van der Waals surface area contributed by atoms with Crippen LogP contribution in [0.3, 0.4) is 0 Å². The van der Waals surface area contributed by atoms with Gasteiger partial charge in [0, 0.05) is 4.65 Å². The molecule has 0 radical (unpaired) electrons. The van der Waals surface area contributed by atoms with Crippen LogP contribution in [0.4, 0.5) is 0 Å². The average molecular weight is 162 g/mol. The van der Waals surface area contributed by atoms with Gasteiger partial charge in [0.2, 0.25) is 0 Å². The van der Waals surface area contributed by atoms with Crippen LogP contribution in [-0.4, -0.2) is 20.9 Å². The highest BCUT2D eigenvalue weighted by atomic mass is 27.0. The van der Waals surface area contributed by atoms with Crippen LogP contribution in [0, 0.1) is 0 Å². The van der Waals surface area contributed by atoms with Crippen LogP contribution < -0.4 is 0 Å². The van der Waals surface area contributed by atoms with Crippen molar-refractivity contribution in [3.63, 3.8) is 0 Å². The van der Waals surface area contributed by atoms with Crippen molar-refractivity contribution >= 4 is 20.9 Å². The molecule has 0 unspecified atom stereocenters. The van der Waals surface area contributed by atoms with Crippen molar-refractivity contribution in [2.45, 2.75) is 12.8 Å². The molecule has 0 aliphatic heterocycles. The molecule has 11 heavy (non-hydrogen) atoms. The second-order valence-electron chi connectivity index (χ2n) is 2.69. The molecule has 0 fully saturated rings. The lowest BCUT2D eigenvalue weighted by Crippen LogP contribution is -1.97. The normalized spacial score (nSPS) is 9.45. The predicted octanol–water partition coefficient (Wildman–Crippen LogP) is 0.779. The number of carbonyl (C=O) groups is 1. The van der Waals surface area contributed by atoms with E-state index >= 15 is 0 Å². The van der Waals surface area contributed by atoms with Gasteiger partial charge in [-0.1, -0.05) is 30.3 Å². The molecule has 56 valence electrons. The van der Waals surface area contributed by atoms with E-state index in [9.17, 15) is 4.79 Å². The largest absolute Gasteiger partial charge is 0.322 e. The molecule has 0 N–H and O–H groups in total. The smallest absolute Gasteiger partial charge is 0.319 e. The van der Waals surface area contributed by atoms with E-state index in [0.29, 0.717) is 20.9 Å². The van der Waals surface area contributed by atoms with Crippen molar-refractivity contribution in [1.29, 1.82) is 0 Å². The summed E-state index contributed by atoms with van der Waals surface area (Å²) >= 11 is 0.691. The Morgan fingerprint density at radius 1 is 1.27 bits per heavy atom. The van der Waals surface area contributed by atoms with Crippen LogP contribution in [-0.2, 0) is 11.2 Å². The minimum absolute atomic E-state index is 0.397. The highest BCUT2D eigenvalue weighted by Crippen LogP contribution is 2.01. The Morgan fingerprint density at radius 3 is 2.45 bits per heavy atom. The van der Waals surface area contributed by atoms with Crippen molar-refractivity contribution in [3.8, 4) is 0 Å². The Kier molecular flexibility index (Phi) is 3.35. The molecule has 0 spiro atoms. The summed E-state index contributed by atoms with van der Waals surface area (Å²) in [5, 5.41) is 0. The van der Waals surface area contributed by atoms with Crippen LogP contribution in [0.2, 0.25) is 0 Å². The number of aryl methyl sites for hydroxylation is 1. The summed E-state index contributed by atoms with van der Waals surface area (Å²) in [6.07, 6.45) is 1.62. The first-order valence-corrected chi connectivity index (χ1v) is 4.82. The molecular weight excluding hydrogens is 151 g/mol. The molecule has 0 aromatic heterocycles. The minimum atomic E-state index is 0.397. The molecule has 1 rings (SSSR count). The van der Waals surface area contributed by atoms with Crippen molar-refractivity contribution in [1.82, 2.24) is 0 Å². The average Bonchev–Trinajstić information content (AvgIpc) is 2.03. The number of rotatable bonds is 3.